The number of hydrogen-bond donors (Lipinski definition) is 1. The molecule has 0 fully saturated rings. The molecule has 4 heteroatoms. The molecule has 4 rings (SSSR count). The zero-order valence-electron chi connectivity index (χ0n) is 17.5. The lowest BCUT2D eigenvalue weighted by Gasteiger charge is -2.29. The molecule has 0 saturated heterocycles. The van der Waals surface area contributed by atoms with Gasteiger partial charge in [0.2, 0.25) is 0 Å². The van der Waals surface area contributed by atoms with Crippen LogP contribution >= 0.6 is 0 Å². The molecule has 1 aliphatic heterocycles. The molecule has 1 aliphatic rings. The minimum Gasteiger partial charge on any atom is -0.496 e. The second-order valence-corrected chi connectivity index (χ2v) is 8.48. The third-order valence-electron chi connectivity index (χ3n) is 6.08. The fraction of sp³-hybridized carbons (Fsp3) is 0.417. The molecule has 2 heterocycles. The average molecular weight is 379 g/mol. The van der Waals surface area contributed by atoms with E-state index < -0.39 is 5.60 Å². The van der Waals surface area contributed by atoms with Gasteiger partial charge in [-0.05, 0) is 68.8 Å². The molecule has 148 valence electrons. The maximum atomic E-state index is 11.4. The van der Waals surface area contributed by atoms with Crippen LogP contribution < -0.4 is 4.74 Å². The molecule has 0 bridgehead atoms. The third-order valence-corrected chi connectivity index (χ3v) is 6.08. The minimum absolute atomic E-state index is 0.539. The highest BCUT2D eigenvalue weighted by Crippen LogP contribution is 2.35. The van der Waals surface area contributed by atoms with Gasteiger partial charge in [0.15, 0.2) is 0 Å². The van der Waals surface area contributed by atoms with Crippen LogP contribution in [0.15, 0.2) is 36.4 Å². The van der Waals surface area contributed by atoms with E-state index in [1.54, 1.807) is 7.11 Å². The molecular weight excluding hydrogens is 348 g/mol. The Kier molecular flexibility index (Phi) is 4.72. The largest absolute Gasteiger partial charge is 0.496 e. The van der Waals surface area contributed by atoms with Gasteiger partial charge in [-0.25, -0.2) is 0 Å². The quantitative estimate of drug-likeness (QED) is 0.741. The molecule has 1 aromatic heterocycles. The molecule has 0 spiro atoms. The summed E-state index contributed by atoms with van der Waals surface area (Å²) in [5, 5.41) is 12.8. The van der Waals surface area contributed by atoms with Crippen molar-refractivity contribution >= 4 is 10.9 Å². The maximum Gasteiger partial charge on any atom is 0.121 e. The summed E-state index contributed by atoms with van der Waals surface area (Å²) >= 11 is 0. The molecule has 0 saturated carbocycles. The van der Waals surface area contributed by atoms with E-state index in [-0.39, 0.29) is 0 Å². The Bertz CT molecular complexity index is 1030. The van der Waals surface area contributed by atoms with Crippen LogP contribution in [0.4, 0.5) is 0 Å². The number of benzene rings is 2. The number of aliphatic hydroxyl groups is 1. The van der Waals surface area contributed by atoms with Gasteiger partial charge in [-0.15, -0.1) is 0 Å². The summed E-state index contributed by atoms with van der Waals surface area (Å²) in [6.07, 6.45) is 1.01. The number of nitrogens with zero attached hydrogens (tertiary/aromatic N) is 2. The normalized spacial score (nSPS) is 16.8. The summed E-state index contributed by atoms with van der Waals surface area (Å²) in [4.78, 5) is 2.37. The van der Waals surface area contributed by atoms with Crippen molar-refractivity contribution in [2.75, 3.05) is 20.7 Å². The Hall–Kier alpha value is -2.30. The first-order chi connectivity index (χ1) is 13.3. The van der Waals surface area contributed by atoms with E-state index in [2.05, 4.69) is 41.6 Å². The zero-order valence-corrected chi connectivity index (χ0v) is 17.5. The molecule has 1 unspecified atom stereocenters. The molecule has 0 radical (unpaired) electrons. The van der Waals surface area contributed by atoms with Gasteiger partial charge in [0.25, 0.3) is 0 Å². The number of ether oxygens (including phenoxy) is 1. The van der Waals surface area contributed by atoms with Crippen LogP contribution in [0.25, 0.3) is 10.9 Å². The summed E-state index contributed by atoms with van der Waals surface area (Å²) < 4.78 is 7.72. The molecule has 3 aromatic rings. The van der Waals surface area contributed by atoms with Gasteiger partial charge < -0.3 is 19.3 Å². The van der Waals surface area contributed by atoms with Crippen molar-refractivity contribution < 1.29 is 9.84 Å². The highest BCUT2D eigenvalue weighted by Gasteiger charge is 2.29. The summed E-state index contributed by atoms with van der Waals surface area (Å²) in [6, 6.07) is 12.6. The fourth-order valence-corrected chi connectivity index (χ4v) is 4.49. The Morgan fingerprint density at radius 2 is 1.93 bits per heavy atom. The van der Waals surface area contributed by atoms with Crippen LogP contribution in [-0.2, 0) is 25.1 Å². The standard InChI is InChI=1S/C24H30N2O2/c1-16-6-8-21-19(12-16)20-14-25(4)11-10-22(20)26(21)15-24(3,27)18-7-9-23(28-5)17(2)13-18/h6-9,12-13,27H,10-11,14-15H2,1-5H3. The average Bonchev–Trinajstić information content (AvgIpc) is 2.93. The van der Waals surface area contributed by atoms with Gasteiger partial charge in [-0.2, -0.15) is 0 Å². The topological polar surface area (TPSA) is 37.6 Å². The second-order valence-electron chi connectivity index (χ2n) is 8.48. The van der Waals surface area contributed by atoms with E-state index in [1.165, 1.54) is 27.7 Å². The van der Waals surface area contributed by atoms with Gasteiger partial charge in [-0.3, -0.25) is 0 Å². The van der Waals surface area contributed by atoms with E-state index in [1.807, 2.05) is 32.0 Å². The molecule has 1 N–H and O–H groups in total. The number of methoxy groups -OCH3 is 1. The summed E-state index contributed by atoms with van der Waals surface area (Å²) in [7, 11) is 3.86. The predicted molar refractivity (Wildman–Crippen MR) is 114 cm³/mol. The number of fused-ring (bicyclic) bond motifs is 3. The first-order valence-electron chi connectivity index (χ1n) is 9.97. The van der Waals surface area contributed by atoms with Gasteiger partial charge in [0.05, 0.1) is 13.7 Å². The van der Waals surface area contributed by atoms with Crippen molar-refractivity contribution in [3.63, 3.8) is 0 Å². The van der Waals surface area contributed by atoms with E-state index in [0.29, 0.717) is 6.54 Å². The molecule has 2 aromatic carbocycles. The number of aryl methyl sites for hydroxylation is 2. The fourth-order valence-electron chi connectivity index (χ4n) is 4.49. The highest BCUT2D eigenvalue weighted by atomic mass is 16.5. The number of aromatic nitrogens is 1. The Balaban J connectivity index is 1.80. The van der Waals surface area contributed by atoms with Crippen LogP contribution in [0.5, 0.6) is 5.75 Å². The lowest BCUT2D eigenvalue weighted by Crippen LogP contribution is -2.31. The van der Waals surface area contributed by atoms with Gasteiger partial charge in [0.1, 0.15) is 11.4 Å². The SMILES string of the molecule is COc1ccc(C(C)(O)Cn2c3c(c4cc(C)ccc42)CN(C)CC3)cc1C. The van der Waals surface area contributed by atoms with Crippen molar-refractivity contribution in [1.29, 1.82) is 0 Å². The van der Waals surface area contributed by atoms with Crippen LogP contribution in [0.3, 0.4) is 0 Å². The predicted octanol–water partition coefficient (Wildman–Crippen LogP) is 4.16. The number of likely N-dealkylation sites (N-methyl/N-ethyl adjacent to an activating group) is 1. The van der Waals surface area contributed by atoms with Crippen molar-refractivity contribution in [2.45, 2.75) is 45.9 Å². The second kappa shape index (κ2) is 6.94. The van der Waals surface area contributed by atoms with E-state index in [4.69, 9.17) is 4.74 Å². The highest BCUT2D eigenvalue weighted by molar-refractivity contribution is 5.86. The van der Waals surface area contributed by atoms with Crippen molar-refractivity contribution in [3.05, 3.63) is 64.3 Å². The summed E-state index contributed by atoms with van der Waals surface area (Å²) in [6.45, 7) is 8.63. The molecule has 0 aliphatic carbocycles. The smallest absolute Gasteiger partial charge is 0.121 e. The van der Waals surface area contributed by atoms with E-state index in [9.17, 15) is 5.11 Å². The first kappa shape index (κ1) is 19.0. The molecular formula is C24H30N2O2. The summed E-state index contributed by atoms with van der Waals surface area (Å²) in [5.41, 5.74) is 6.26. The monoisotopic (exact) mass is 378 g/mol. The molecule has 4 nitrogen and oxygen atoms in total. The summed E-state index contributed by atoms with van der Waals surface area (Å²) in [5.74, 6) is 0.849. The van der Waals surface area contributed by atoms with Crippen LogP contribution in [0, 0.1) is 13.8 Å². The lowest BCUT2D eigenvalue weighted by atomic mass is 9.94. The van der Waals surface area contributed by atoms with Crippen LogP contribution in [-0.4, -0.2) is 35.3 Å². The Morgan fingerprint density at radius 1 is 1.14 bits per heavy atom. The maximum absolute atomic E-state index is 11.4. The Labute approximate surface area is 167 Å². The third kappa shape index (κ3) is 3.21. The van der Waals surface area contributed by atoms with Crippen molar-refractivity contribution in [2.24, 2.45) is 0 Å². The lowest BCUT2D eigenvalue weighted by molar-refractivity contribution is 0.0384. The van der Waals surface area contributed by atoms with Gasteiger partial charge >= 0.3 is 0 Å². The molecule has 0 amide bonds. The van der Waals surface area contributed by atoms with Crippen LogP contribution in [0.1, 0.15) is 34.9 Å². The Morgan fingerprint density at radius 3 is 2.64 bits per heavy atom. The van der Waals surface area contributed by atoms with Crippen molar-refractivity contribution in [3.8, 4) is 5.75 Å². The van der Waals surface area contributed by atoms with E-state index in [0.717, 1.165) is 36.4 Å². The van der Waals surface area contributed by atoms with E-state index >= 15 is 0 Å². The minimum atomic E-state index is -0.967. The van der Waals surface area contributed by atoms with Gasteiger partial charge in [-0.1, -0.05) is 17.7 Å². The number of hydrogen-bond acceptors (Lipinski definition) is 3. The first-order valence-corrected chi connectivity index (χ1v) is 9.97. The van der Waals surface area contributed by atoms with Crippen LogP contribution in [0.2, 0.25) is 0 Å². The van der Waals surface area contributed by atoms with Gasteiger partial charge in [0, 0.05) is 36.1 Å². The molecule has 1 atom stereocenters. The number of rotatable bonds is 4. The zero-order chi connectivity index (χ0) is 20.1. The van der Waals surface area contributed by atoms with Crippen molar-refractivity contribution in [1.82, 2.24) is 9.47 Å². The molecule has 28 heavy (non-hydrogen) atoms.